The number of hydrogen-bond donors (Lipinski definition) is 0. The number of nitrogens with zero attached hydrogens (tertiary/aromatic N) is 1. The van der Waals surface area contributed by atoms with Crippen LogP contribution < -0.4 is 4.74 Å². The van der Waals surface area contributed by atoms with Crippen LogP contribution in [-0.2, 0) is 25.5 Å². The van der Waals surface area contributed by atoms with Gasteiger partial charge in [0.2, 0.25) is 0 Å². The van der Waals surface area contributed by atoms with E-state index in [9.17, 15) is 9.59 Å². The van der Waals surface area contributed by atoms with E-state index in [1.165, 1.54) is 4.90 Å². The molecule has 0 N–H and O–H groups in total. The molecule has 6 heteroatoms. The Kier molecular flexibility index (Phi) is 9.01. The Hall–Kier alpha value is -2.86. The fourth-order valence-electron chi connectivity index (χ4n) is 2.69. The van der Waals surface area contributed by atoms with Gasteiger partial charge in [-0.2, -0.15) is 0 Å². The van der Waals surface area contributed by atoms with Gasteiger partial charge in [0.15, 0.2) is 6.61 Å². The molecule has 0 radical (unpaired) electrons. The molecule has 150 valence electrons. The summed E-state index contributed by atoms with van der Waals surface area (Å²) < 4.78 is 15.8. The first-order valence-electron chi connectivity index (χ1n) is 9.31. The molecule has 0 fully saturated rings. The van der Waals surface area contributed by atoms with E-state index in [4.69, 9.17) is 14.2 Å². The predicted molar refractivity (Wildman–Crippen MR) is 106 cm³/mol. The monoisotopic (exact) mass is 385 g/mol. The molecule has 0 aromatic heterocycles. The van der Waals surface area contributed by atoms with Gasteiger partial charge in [0.25, 0.3) is 5.91 Å². The van der Waals surface area contributed by atoms with Crippen molar-refractivity contribution in [1.29, 1.82) is 0 Å². The van der Waals surface area contributed by atoms with Crippen molar-refractivity contribution < 1.29 is 23.8 Å². The number of hydrogen-bond acceptors (Lipinski definition) is 5. The molecule has 28 heavy (non-hydrogen) atoms. The summed E-state index contributed by atoms with van der Waals surface area (Å²) in [5, 5.41) is 0. The molecule has 1 amide bonds. The number of carbonyl (C=O) groups excluding carboxylic acids is 2. The fraction of sp³-hybridized carbons (Fsp3) is 0.364. The first-order chi connectivity index (χ1) is 13.6. The van der Waals surface area contributed by atoms with Gasteiger partial charge in [0.05, 0.1) is 13.2 Å². The highest BCUT2D eigenvalue weighted by Crippen LogP contribution is 2.21. The minimum Gasteiger partial charge on any atom is -0.483 e. The van der Waals surface area contributed by atoms with Crippen LogP contribution in [0.2, 0.25) is 0 Å². The molecule has 0 atom stereocenters. The van der Waals surface area contributed by atoms with Gasteiger partial charge in [-0.05, 0) is 24.1 Å². The number of ether oxygens (including phenoxy) is 3. The van der Waals surface area contributed by atoms with E-state index in [1.54, 1.807) is 14.0 Å². The molecule has 0 aliphatic heterocycles. The van der Waals surface area contributed by atoms with E-state index in [1.807, 2.05) is 54.6 Å². The van der Waals surface area contributed by atoms with Crippen LogP contribution in [0.15, 0.2) is 54.6 Å². The van der Waals surface area contributed by atoms with Gasteiger partial charge < -0.3 is 19.1 Å². The molecule has 6 nitrogen and oxygen atoms in total. The second-order valence-corrected chi connectivity index (χ2v) is 6.17. The Balaban J connectivity index is 2.00. The first kappa shape index (κ1) is 21.4. The molecule has 0 aliphatic carbocycles. The van der Waals surface area contributed by atoms with Crippen LogP contribution in [0.25, 0.3) is 0 Å². The van der Waals surface area contributed by atoms with Crippen molar-refractivity contribution in [2.45, 2.75) is 13.3 Å². The third kappa shape index (κ3) is 7.04. The van der Waals surface area contributed by atoms with E-state index < -0.39 is 5.97 Å². The second kappa shape index (κ2) is 11.8. The summed E-state index contributed by atoms with van der Waals surface area (Å²) in [7, 11) is 1.54. The van der Waals surface area contributed by atoms with Crippen molar-refractivity contribution in [3.63, 3.8) is 0 Å². The van der Waals surface area contributed by atoms with Crippen LogP contribution in [0.5, 0.6) is 5.75 Å². The summed E-state index contributed by atoms with van der Waals surface area (Å²) in [6, 6.07) is 17.7. The Morgan fingerprint density at radius 3 is 2.43 bits per heavy atom. The number of carbonyl (C=O) groups is 2. The highest BCUT2D eigenvalue weighted by atomic mass is 16.5. The van der Waals surface area contributed by atoms with Crippen LogP contribution in [0.4, 0.5) is 0 Å². The van der Waals surface area contributed by atoms with Crippen molar-refractivity contribution in [3.8, 4) is 5.75 Å². The third-order valence-electron chi connectivity index (χ3n) is 4.10. The van der Waals surface area contributed by atoms with Crippen molar-refractivity contribution >= 4 is 11.9 Å². The molecule has 2 rings (SSSR count). The number of para-hydroxylation sites is 1. The highest BCUT2D eigenvalue weighted by Gasteiger charge is 2.19. The first-order valence-corrected chi connectivity index (χ1v) is 9.31. The summed E-state index contributed by atoms with van der Waals surface area (Å²) in [4.78, 5) is 25.7. The number of rotatable bonds is 11. The zero-order valence-corrected chi connectivity index (χ0v) is 16.4. The second-order valence-electron chi connectivity index (χ2n) is 6.17. The summed E-state index contributed by atoms with van der Waals surface area (Å²) in [6.45, 7) is 2.35. The number of esters is 1. The molecule has 2 aromatic carbocycles. The Morgan fingerprint density at radius 2 is 1.71 bits per heavy atom. The van der Waals surface area contributed by atoms with Gasteiger partial charge in [-0.25, -0.2) is 0 Å². The van der Waals surface area contributed by atoms with E-state index in [2.05, 4.69) is 0 Å². The van der Waals surface area contributed by atoms with Crippen LogP contribution in [-0.4, -0.2) is 56.8 Å². The molecule has 0 bridgehead atoms. The average molecular weight is 385 g/mol. The van der Waals surface area contributed by atoms with Gasteiger partial charge in [0, 0.05) is 20.1 Å². The summed E-state index contributed by atoms with van der Waals surface area (Å²) in [5.74, 6) is -0.0847. The van der Waals surface area contributed by atoms with Crippen molar-refractivity contribution in [1.82, 2.24) is 4.90 Å². The molecule has 0 saturated heterocycles. The van der Waals surface area contributed by atoms with Crippen LogP contribution in [0.3, 0.4) is 0 Å². The number of methoxy groups -OCH3 is 1. The molecular formula is C22H27NO5. The third-order valence-corrected chi connectivity index (χ3v) is 4.10. The van der Waals surface area contributed by atoms with Crippen LogP contribution in [0.1, 0.15) is 18.1 Å². The lowest BCUT2D eigenvalue weighted by Crippen LogP contribution is -2.41. The number of amides is 1. The quantitative estimate of drug-likeness (QED) is 0.557. The SMILES string of the molecule is CCOC(=O)CN(CCOC)C(=O)COc1ccccc1Cc1ccccc1. The topological polar surface area (TPSA) is 65.1 Å². The normalized spacial score (nSPS) is 10.4. The lowest BCUT2D eigenvalue weighted by atomic mass is 10.0. The lowest BCUT2D eigenvalue weighted by Gasteiger charge is -2.22. The maximum atomic E-state index is 12.6. The molecule has 0 saturated carbocycles. The summed E-state index contributed by atoms with van der Waals surface area (Å²) >= 11 is 0. The van der Waals surface area contributed by atoms with E-state index in [0.717, 1.165) is 11.1 Å². The van der Waals surface area contributed by atoms with Crippen LogP contribution >= 0.6 is 0 Å². The largest absolute Gasteiger partial charge is 0.483 e. The zero-order chi connectivity index (χ0) is 20.2. The van der Waals surface area contributed by atoms with E-state index in [0.29, 0.717) is 25.3 Å². The van der Waals surface area contributed by atoms with Crippen molar-refractivity contribution in [2.24, 2.45) is 0 Å². The van der Waals surface area contributed by atoms with E-state index in [-0.39, 0.29) is 25.7 Å². The highest BCUT2D eigenvalue weighted by molar-refractivity contribution is 5.83. The molecule has 0 spiro atoms. The Labute approximate surface area is 166 Å². The van der Waals surface area contributed by atoms with Crippen molar-refractivity contribution in [2.75, 3.05) is 40.0 Å². The zero-order valence-electron chi connectivity index (χ0n) is 16.4. The average Bonchev–Trinajstić information content (AvgIpc) is 2.71. The molecule has 0 heterocycles. The fourth-order valence-corrected chi connectivity index (χ4v) is 2.69. The minimum atomic E-state index is -0.448. The van der Waals surface area contributed by atoms with Gasteiger partial charge in [-0.1, -0.05) is 48.5 Å². The lowest BCUT2D eigenvalue weighted by molar-refractivity contribution is -0.149. The maximum Gasteiger partial charge on any atom is 0.325 e. The molecule has 0 unspecified atom stereocenters. The smallest absolute Gasteiger partial charge is 0.325 e. The van der Waals surface area contributed by atoms with Gasteiger partial charge in [0.1, 0.15) is 12.3 Å². The molecule has 0 aliphatic rings. The summed E-state index contributed by atoms with van der Waals surface area (Å²) in [6.07, 6.45) is 0.710. The van der Waals surface area contributed by atoms with Gasteiger partial charge >= 0.3 is 5.97 Å². The summed E-state index contributed by atoms with van der Waals surface area (Å²) in [5.41, 5.74) is 2.16. The predicted octanol–water partition coefficient (Wildman–Crippen LogP) is 2.69. The minimum absolute atomic E-state index is 0.120. The van der Waals surface area contributed by atoms with E-state index >= 15 is 0 Å². The molecule has 2 aromatic rings. The van der Waals surface area contributed by atoms with Gasteiger partial charge in [-0.3, -0.25) is 9.59 Å². The number of benzene rings is 2. The standard InChI is InChI=1S/C22H27NO5/c1-3-27-22(25)16-23(13-14-26-2)21(24)17-28-20-12-8-7-11-19(20)15-18-9-5-4-6-10-18/h4-12H,3,13-17H2,1-2H3. The Morgan fingerprint density at radius 1 is 1.00 bits per heavy atom. The van der Waals surface area contributed by atoms with Gasteiger partial charge in [-0.15, -0.1) is 0 Å². The van der Waals surface area contributed by atoms with Crippen LogP contribution in [0, 0.1) is 0 Å². The van der Waals surface area contributed by atoms with Crippen molar-refractivity contribution in [3.05, 3.63) is 65.7 Å². The maximum absolute atomic E-state index is 12.6. The molecular weight excluding hydrogens is 358 g/mol. The Bertz CT molecular complexity index is 748.